The summed E-state index contributed by atoms with van der Waals surface area (Å²) in [6.45, 7) is 1.66. The molecule has 0 radical (unpaired) electrons. The monoisotopic (exact) mass is 239 g/mol. The maximum absolute atomic E-state index is 11.4. The predicted octanol–water partition coefficient (Wildman–Crippen LogP) is -0.727. The predicted molar refractivity (Wildman–Crippen MR) is 54.7 cm³/mol. The van der Waals surface area contributed by atoms with Crippen LogP contribution in [0.15, 0.2) is 0 Å². The molecule has 0 saturated heterocycles. The van der Waals surface area contributed by atoms with Gasteiger partial charge in [0, 0.05) is 12.8 Å². The minimum Gasteiger partial charge on any atom is -0.228 e. The molecule has 0 heterocycles. The molecule has 0 aliphatic heterocycles. The average Bonchev–Trinajstić information content (AvgIpc) is 1.94. The van der Waals surface area contributed by atoms with Crippen LogP contribution in [0.4, 0.5) is 0 Å². The summed E-state index contributed by atoms with van der Waals surface area (Å²) in [4.78, 5) is 0. The molecule has 0 N–H and O–H groups in total. The number of hydrogen-bond donors (Lipinski definition) is 0. The normalized spacial score (nSPS) is 12.7. The van der Waals surface area contributed by atoms with E-state index in [2.05, 4.69) is 5.92 Å². The highest BCUT2D eigenvalue weighted by Gasteiger charge is 2.24. The van der Waals surface area contributed by atoms with Crippen LogP contribution in [0.25, 0.3) is 0 Å². The van der Waals surface area contributed by atoms with Gasteiger partial charge in [-0.3, -0.25) is 0 Å². The van der Waals surface area contributed by atoms with Crippen LogP contribution < -0.4 is 0 Å². The zero-order valence-corrected chi connectivity index (χ0v) is 9.73. The first-order valence-electron chi connectivity index (χ1n) is 3.82. The van der Waals surface area contributed by atoms with Gasteiger partial charge in [-0.05, 0) is 0 Å². The number of nitrogens with zero attached hydrogens (tertiary/aromatic N) is 1. The van der Waals surface area contributed by atoms with Crippen LogP contribution in [0.5, 0.6) is 0 Å². The highest BCUT2D eigenvalue weighted by Crippen LogP contribution is 2.03. The lowest BCUT2D eigenvalue weighted by molar-refractivity contribution is 0.467. The molecule has 0 unspecified atom stereocenters. The van der Waals surface area contributed by atoms with Crippen molar-refractivity contribution >= 4 is 19.9 Å². The van der Waals surface area contributed by atoms with Gasteiger partial charge in [0.2, 0.25) is 10.0 Å². The fraction of sp³-hybridized carbons (Fsp3) is 0.714. The molecule has 5 nitrogen and oxygen atoms in total. The molecule has 0 fully saturated rings. The highest BCUT2D eigenvalue weighted by atomic mass is 32.3. The van der Waals surface area contributed by atoms with Gasteiger partial charge >= 0.3 is 0 Å². The van der Waals surface area contributed by atoms with Crippen molar-refractivity contribution < 1.29 is 16.8 Å². The van der Waals surface area contributed by atoms with Crippen molar-refractivity contribution in [2.45, 2.75) is 6.92 Å². The second-order valence-corrected chi connectivity index (χ2v) is 7.26. The molecule has 0 aliphatic carbocycles. The van der Waals surface area contributed by atoms with E-state index in [-0.39, 0.29) is 13.1 Å². The summed E-state index contributed by atoms with van der Waals surface area (Å²) in [6, 6.07) is 0. The Hall–Kier alpha value is -0.580. The molecule has 0 saturated carbocycles. The van der Waals surface area contributed by atoms with Crippen LogP contribution in [0.1, 0.15) is 6.92 Å². The topological polar surface area (TPSA) is 71.5 Å². The molecule has 14 heavy (non-hydrogen) atoms. The Kier molecular flexibility index (Phi) is 4.58. The maximum Gasteiger partial charge on any atom is 0.229 e. The Morgan fingerprint density at radius 3 is 2.07 bits per heavy atom. The van der Waals surface area contributed by atoms with E-state index in [0.717, 1.165) is 10.6 Å². The van der Waals surface area contributed by atoms with E-state index >= 15 is 0 Å². The molecule has 0 bridgehead atoms. The summed E-state index contributed by atoms with van der Waals surface area (Å²) in [6.07, 6.45) is 5.83. The third-order valence-electron chi connectivity index (χ3n) is 1.38. The molecule has 0 spiro atoms. The van der Waals surface area contributed by atoms with E-state index in [1.54, 1.807) is 6.92 Å². The first kappa shape index (κ1) is 13.4. The van der Waals surface area contributed by atoms with Crippen molar-refractivity contribution in [3.05, 3.63) is 0 Å². The van der Waals surface area contributed by atoms with E-state index in [1.807, 2.05) is 0 Å². The standard InChI is InChI=1S/C7H13NO4S2/c1-4-6-8(5-2)14(11,12)7-13(3,9)10/h1H,5-7H2,2-3H3. The van der Waals surface area contributed by atoms with Gasteiger partial charge < -0.3 is 0 Å². The van der Waals surface area contributed by atoms with Gasteiger partial charge in [-0.15, -0.1) is 6.42 Å². The molecular formula is C7H13NO4S2. The number of hydrogen-bond acceptors (Lipinski definition) is 4. The molecule has 0 rings (SSSR count). The number of terminal acetylenes is 1. The Balaban J connectivity index is 4.87. The number of rotatable bonds is 5. The fourth-order valence-electron chi connectivity index (χ4n) is 0.854. The van der Waals surface area contributed by atoms with Gasteiger partial charge in [-0.2, -0.15) is 4.31 Å². The summed E-state index contributed by atoms with van der Waals surface area (Å²) < 4.78 is 45.4. The molecule has 0 atom stereocenters. The van der Waals surface area contributed by atoms with Crippen molar-refractivity contribution in [2.24, 2.45) is 0 Å². The lowest BCUT2D eigenvalue weighted by Gasteiger charge is -2.16. The van der Waals surface area contributed by atoms with Crippen LogP contribution in [0, 0.1) is 12.3 Å². The second kappa shape index (κ2) is 4.77. The van der Waals surface area contributed by atoms with E-state index in [4.69, 9.17) is 6.42 Å². The number of sulfonamides is 1. The van der Waals surface area contributed by atoms with E-state index in [0.29, 0.717) is 0 Å². The van der Waals surface area contributed by atoms with E-state index in [9.17, 15) is 16.8 Å². The SMILES string of the molecule is C#CCN(CC)S(=O)(=O)CS(C)(=O)=O. The smallest absolute Gasteiger partial charge is 0.228 e. The molecular weight excluding hydrogens is 226 g/mol. The first-order valence-corrected chi connectivity index (χ1v) is 7.49. The van der Waals surface area contributed by atoms with Crippen LogP contribution >= 0.6 is 0 Å². The highest BCUT2D eigenvalue weighted by molar-refractivity contribution is 8.06. The molecule has 0 amide bonds. The third-order valence-corrected chi connectivity index (χ3v) is 5.45. The minimum absolute atomic E-state index is 0.103. The number of sulfone groups is 1. The molecule has 0 aromatic rings. The summed E-state index contributed by atoms with van der Waals surface area (Å²) in [5.41, 5.74) is 0. The maximum atomic E-state index is 11.4. The van der Waals surface area contributed by atoms with Crippen molar-refractivity contribution in [1.29, 1.82) is 0 Å². The van der Waals surface area contributed by atoms with Gasteiger partial charge in [0.05, 0.1) is 6.54 Å². The lowest BCUT2D eigenvalue weighted by atomic mass is 10.6. The minimum atomic E-state index is -3.79. The lowest BCUT2D eigenvalue weighted by Crippen LogP contribution is -2.35. The molecule has 7 heteroatoms. The van der Waals surface area contributed by atoms with Crippen LogP contribution in [0.3, 0.4) is 0 Å². The first-order chi connectivity index (χ1) is 6.23. The van der Waals surface area contributed by atoms with Crippen molar-refractivity contribution in [1.82, 2.24) is 4.31 Å². The summed E-state index contributed by atoms with van der Waals surface area (Å²) in [5, 5.41) is -0.893. The Morgan fingerprint density at radius 2 is 1.79 bits per heavy atom. The largest absolute Gasteiger partial charge is 0.229 e. The second-order valence-electron chi connectivity index (χ2n) is 2.79. The van der Waals surface area contributed by atoms with E-state index in [1.165, 1.54) is 0 Å². The zero-order chi connectivity index (χ0) is 11.4. The van der Waals surface area contributed by atoms with Gasteiger partial charge in [0.15, 0.2) is 14.9 Å². The van der Waals surface area contributed by atoms with Gasteiger partial charge in [-0.25, -0.2) is 16.8 Å². The van der Waals surface area contributed by atoms with Crippen molar-refractivity contribution in [3.8, 4) is 12.3 Å². The van der Waals surface area contributed by atoms with Crippen LogP contribution in [0.2, 0.25) is 0 Å². The Labute approximate surface area is 85.1 Å². The third kappa shape index (κ3) is 4.60. The molecule has 0 aromatic carbocycles. The average molecular weight is 239 g/mol. The fourth-order valence-corrected chi connectivity index (χ4v) is 4.28. The van der Waals surface area contributed by atoms with Gasteiger partial charge in [0.1, 0.15) is 0 Å². The van der Waals surface area contributed by atoms with E-state index < -0.39 is 24.9 Å². The molecule has 82 valence electrons. The quantitative estimate of drug-likeness (QED) is 0.593. The summed E-state index contributed by atoms with van der Waals surface area (Å²) in [7, 11) is -7.34. The Morgan fingerprint density at radius 1 is 1.29 bits per heavy atom. The van der Waals surface area contributed by atoms with Crippen molar-refractivity contribution in [3.63, 3.8) is 0 Å². The van der Waals surface area contributed by atoms with Gasteiger partial charge in [0.25, 0.3) is 0 Å². The van der Waals surface area contributed by atoms with Crippen LogP contribution in [-0.2, 0) is 19.9 Å². The Bertz CT molecular complexity index is 415. The summed E-state index contributed by atoms with van der Waals surface area (Å²) in [5.74, 6) is 2.16. The van der Waals surface area contributed by atoms with Crippen molar-refractivity contribution in [2.75, 3.05) is 24.4 Å². The zero-order valence-electron chi connectivity index (χ0n) is 8.10. The molecule has 0 aliphatic rings. The van der Waals surface area contributed by atoms with Gasteiger partial charge in [-0.1, -0.05) is 12.8 Å². The molecule has 0 aromatic heterocycles. The summed E-state index contributed by atoms with van der Waals surface area (Å²) >= 11 is 0. The van der Waals surface area contributed by atoms with Crippen LogP contribution in [-0.4, -0.2) is 45.6 Å².